The van der Waals surface area contributed by atoms with Gasteiger partial charge in [-0.1, -0.05) is 54.6 Å². The van der Waals surface area contributed by atoms with Gasteiger partial charge in [-0.25, -0.2) is 0 Å². The van der Waals surface area contributed by atoms with E-state index in [4.69, 9.17) is 0 Å². The molecule has 0 saturated carbocycles. The highest BCUT2D eigenvalue weighted by atomic mass is 16.2. The van der Waals surface area contributed by atoms with E-state index in [2.05, 4.69) is 47.5 Å². The van der Waals surface area contributed by atoms with Gasteiger partial charge in [-0.15, -0.1) is 0 Å². The molecule has 3 aromatic rings. The quantitative estimate of drug-likeness (QED) is 0.722. The van der Waals surface area contributed by atoms with Crippen molar-refractivity contribution in [2.45, 2.75) is 18.8 Å². The van der Waals surface area contributed by atoms with Crippen LogP contribution in [-0.4, -0.2) is 22.3 Å². The molecule has 3 nitrogen and oxygen atoms in total. The molecule has 0 aliphatic carbocycles. The van der Waals surface area contributed by atoms with E-state index in [1.165, 1.54) is 16.5 Å². The number of hydrogen-bond acceptors (Lipinski definition) is 1. The topological polar surface area (TPSA) is 36.1 Å². The molecular weight excluding hydrogens is 296 g/mol. The van der Waals surface area contributed by atoms with Gasteiger partial charge in [-0.3, -0.25) is 4.79 Å². The van der Waals surface area contributed by atoms with Crippen molar-refractivity contribution >= 4 is 22.5 Å². The Morgan fingerprint density at radius 3 is 2.67 bits per heavy atom. The summed E-state index contributed by atoms with van der Waals surface area (Å²) in [5.41, 5.74) is 5.88. The first-order chi connectivity index (χ1) is 11.8. The van der Waals surface area contributed by atoms with Gasteiger partial charge in [0.1, 0.15) is 0 Å². The Balaban J connectivity index is 1.68. The number of nitrogens with one attached hydrogen (secondary N) is 1. The summed E-state index contributed by atoms with van der Waals surface area (Å²) in [5, 5.41) is 1.28. The minimum atomic E-state index is 0.155. The number of hydrogen-bond donors (Lipinski definition) is 1. The molecule has 0 radical (unpaired) electrons. The zero-order valence-corrected chi connectivity index (χ0v) is 13.3. The molecule has 1 atom stereocenters. The van der Waals surface area contributed by atoms with Gasteiger partial charge < -0.3 is 9.88 Å². The average molecular weight is 314 g/mol. The van der Waals surface area contributed by atoms with Gasteiger partial charge in [0.25, 0.3) is 0 Å². The highest BCUT2D eigenvalue weighted by molar-refractivity contribution is 5.96. The monoisotopic (exact) mass is 314 g/mol. The molecule has 2 aliphatic heterocycles. The number of amides is 1. The highest BCUT2D eigenvalue weighted by Crippen LogP contribution is 2.39. The van der Waals surface area contributed by atoms with Gasteiger partial charge in [0.2, 0.25) is 5.91 Å². The van der Waals surface area contributed by atoms with E-state index in [9.17, 15) is 4.79 Å². The molecule has 0 spiro atoms. The van der Waals surface area contributed by atoms with E-state index in [1.807, 2.05) is 23.1 Å². The largest absolute Gasteiger partial charge is 0.353 e. The van der Waals surface area contributed by atoms with E-state index in [-0.39, 0.29) is 11.8 Å². The molecule has 1 N–H and O–H groups in total. The Morgan fingerprint density at radius 1 is 1.00 bits per heavy atom. The number of rotatable bonds is 1. The molecule has 0 fully saturated rings. The van der Waals surface area contributed by atoms with Gasteiger partial charge in [-0.05, 0) is 23.6 Å². The number of nitrogens with zero attached hydrogens (tertiary/aromatic N) is 1. The molecule has 1 amide bonds. The maximum atomic E-state index is 12.7. The summed E-state index contributed by atoms with van der Waals surface area (Å²) in [6.07, 6.45) is 3.74. The van der Waals surface area contributed by atoms with Gasteiger partial charge in [0.05, 0.1) is 11.4 Å². The molecule has 2 aromatic carbocycles. The zero-order chi connectivity index (χ0) is 16.1. The Labute approximate surface area is 140 Å². The summed E-state index contributed by atoms with van der Waals surface area (Å²) in [7, 11) is 0. The van der Waals surface area contributed by atoms with Crippen molar-refractivity contribution in [1.82, 2.24) is 9.88 Å². The standard InChI is InChI=1S/C21H18N2O/c24-20-13-15(14-6-2-1-3-7-14)12-19-21-17(10-11-23(19)20)16-8-4-5-9-18(16)22-21/h1-9,12,15,22H,10-11,13H2. The van der Waals surface area contributed by atoms with Crippen molar-refractivity contribution in [2.75, 3.05) is 6.54 Å². The minimum Gasteiger partial charge on any atom is -0.353 e. The fraction of sp³-hybridized carbons (Fsp3) is 0.190. The van der Waals surface area contributed by atoms with Crippen LogP contribution in [0, 0.1) is 0 Å². The molecule has 1 unspecified atom stereocenters. The summed E-state index contributed by atoms with van der Waals surface area (Å²) < 4.78 is 0. The van der Waals surface area contributed by atoms with Crippen molar-refractivity contribution < 1.29 is 4.79 Å². The number of benzene rings is 2. The van der Waals surface area contributed by atoms with Crippen LogP contribution >= 0.6 is 0 Å². The number of carbonyl (C=O) groups is 1. The smallest absolute Gasteiger partial charge is 0.227 e. The third-order valence-corrected chi connectivity index (χ3v) is 5.23. The predicted molar refractivity (Wildman–Crippen MR) is 95.5 cm³/mol. The molecule has 118 valence electrons. The van der Waals surface area contributed by atoms with E-state index < -0.39 is 0 Å². The summed E-state index contributed by atoms with van der Waals surface area (Å²) in [6.45, 7) is 0.779. The Bertz CT molecular complexity index is 968. The molecular formula is C21H18N2O. The van der Waals surface area contributed by atoms with E-state index >= 15 is 0 Å². The van der Waals surface area contributed by atoms with E-state index in [1.54, 1.807) is 0 Å². The van der Waals surface area contributed by atoms with Gasteiger partial charge in [-0.2, -0.15) is 0 Å². The third kappa shape index (κ3) is 1.94. The molecule has 5 rings (SSSR count). The maximum Gasteiger partial charge on any atom is 0.227 e. The Hall–Kier alpha value is -2.81. The van der Waals surface area contributed by atoms with Crippen LogP contribution in [0.1, 0.15) is 29.2 Å². The number of aromatic nitrogens is 1. The van der Waals surface area contributed by atoms with Crippen molar-refractivity contribution in [3.63, 3.8) is 0 Å². The summed E-state index contributed by atoms with van der Waals surface area (Å²) >= 11 is 0. The summed E-state index contributed by atoms with van der Waals surface area (Å²) in [4.78, 5) is 18.2. The maximum absolute atomic E-state index is 12.7. The predicted octanol–water partition coefficient (Wildman–Crippen LogP) is 4.08. The van der Waals surface area contributed by atoms with Crippen LogP contribution in [0.3, 0.4) is 0 Å². The fourth-order valence-corrected chi connectivity index (χ4v) is 4.05. The Kier molecular flexibility index (Phi) is 2.89. The van der Waals surface area contributed by atoms with Crippen LogP contribution in [0.25, 0.3) is 16.6 Å². The molecule has 0 bridgehead atoms. The molecule has 0 saturated heterocycles. The lowest BCUT2D eigenvalue weighted by Gasteiger charge is -2.35. The first-order valence-electron chi connectivity index (χ1n) is 8.48. The van der Waals surface area contributed by atoms with Crippen LogP contribution < -0.4 is 0 Å². The molecule has 3 heterocycles. The molecule has 24 heavy (non-hydrogen) atoms. The third-order valence-electron chi connectivity index (χ3n) is 5.23. The lowest BCUT2D eigenvalue weighted by molar-refractivity contribution is -0.128. The van der Waals surface area contributed by atoms with Crippen molar-refractivity contribution in [3.8, 4) is 0 Å². The van der Waals surface area contributed by atoms with E-state index in [0.29, 0.717) is 6.42 Å². The number of para-hydroxylation sites is 1. The number of fused-ring (bicyclic) bond motifs is 5. The van der Waals surface area contributed by atoms with Crippen LogP contribution in [-0.2, 0) is 11.2 Å². The summed E-state index contributed by atoms with van der Waals surface area (Å²) in [5.74, 6) is 0.382. The minimum absolute atomic E-state index is 0.155. The highest BCUT2D eigenvalue weighted by Gasteiger charge is 2.34. The van der Waals surface area contributed by atoms with Crippen LogP contribution in [0.5, 0.6) is 0 Å². The van der Waals surface area contributed by atoms with Gasteiger partial charge >= 0.3 is 0 Å². The fourth-order valence-electron chi connectivity index (χ4n) is 4.05. The first kappa shape index (κ1) is 13.6. The number of carbonyl (C=O) groups excluding carboxylic acids is 1. The second-order valence-corrected chi connectivity index (χ2v) is 6.59. The zero-order valence-electron chi connectivity index (χ0n) is 13.3. The van der Waals surface area contributed by atoms with Crippen LogP contribution in [0.4, 0.5) is 0 Å². The number of allylic oxidation sites excluding steroid dienone is 1. The summed E-state index contributed by atoms with van der Waals surface area (Å²) in [6, 6.07) is 18.7. The van der Waals surface area contributed by atoms with Crippen LogP contribution in [0.15, 0.2) is 60.7 Å². The first-order valence-corrected chi connectivity index (χ1v) is 8.48. The molecule has 1 aromatic heterocycles. The van der Waals surface area contributed by atoms with Gasteiger partial charge in [0, 0.05) is 29.8 Å². The lowest BCUT2D eigenvalue weighted by atomic mass is 9.88. The second-order valence-electron chi connectivity index (χ2n) is 6.59. The molecule has 3 heteroatoms. The SMILES string of the molecule is O=C1CC(c2ccccc2)C=C2c3[nH]c4ccccc4c3CCN12. The van der Waals surface area contributed by atoms with Crippen molar-refractivity contribution in [1.29, 1.82) is 0 Å². The number of H-pyrrole nitrogens is 1. The molecule has 2 aliphatic rings. The van der Waals surface area contributed by atoms with Crippen molar-refractivity contribution in [3.05, 3.63) is 77.5 Å². The number of aromatic amines is 1. The van der Waals surface area contributed by atoms with Crippen LogP contribution in [0.2, 0.25) is 0 Å². The normalized spacial score (nSPS) is 19.8. The lowest BCUT2D eigenvalue weighted by Crippen LogP contribution is -2.38. The average Bonchev–Trinajstić information content (AvgIpc) is 3.01. The van der Waals surface area contributed by atoms with Crippen molar-refractivity contribution in [2.24, 2.45) is 0 Å². The van der Waals surface area contributed by atoms with E-state index in [0.717, 1.165) is 29.9 Å². The van der Waals surface area contributed by atoms with Gasteiger partial charge in [0.15, 0.2) is 0 Å². The second kappa shape index (κ2) is 5.10. The Morgan fingerprint density at radius 2 is 1.79 bits per heavy atom.